The minimum absolute atomic E-state index is 0.118. The molecule has 9 heavy (non-hydrogen) atoms. The lowest BCUT2D eigenvalue weighted by Gasteiger charge is -1.89. The van der Waals surface area contributed by atoms with Crippen LogP contribution in [0.25, 0.3) is 0 Å². The van der Waals surface area contributed by atoms with E-state index in [-0.39, 0.29) is 5.91 Å². The quantitative estimate of drug-likeness (QED) is 0.516. The molecule has 0 saturated carbocycles. The van der Waals surface area contributed by atoms with E-state index < -0.39 is 0 Å². The largest absolute Gasteiger partial charge is 0.399 e. The summed E-state index contributed by atoms with van der Waals surface area (Å²) >= 11 is 0. The second kappa shape index (κ2) is 3.72. The highest BCUT2D eigenvalue weighted by atomic mass is 16.1. The Kier molecular flexibility index (Phi) is 3.20. The van der Waals surface area contributed by atoms with Gasteiger partial charge in [0.1, 0.15) is 0 Å². The lowest BCUT2D eigenvalue weighted by Crippen LogP contribution is -2.11. The molecule has 0 heterocycles. The van der Waals surface area contributed by atoms with Gasteiger partial charge < -0.3 is 11.1 Å². The summed E-state index contributed by atoms with van der Waals surface area (Å²) in [5.41, 5.74) is 5.57. The van der Waals surface area contributed by atoms with Crippen molar-refractivity contribution in [2.75, 3.05) is 0 Å². The number of nitrogens with one attached hydrogen (secondary N) is 1. The fourth-order valence-corrected chi connectivity index (χ4v) is 0.266. The summed E-state index contributed by atoms with van der Waals surface area (Å²) in [5.74, 6) is -0.118. The van der Waals surface area contributed by atoms with Crippen LogP contribution in [0.3, 0.4) is 0 Å². The number of hydrogen-bond donors (Lipinski definition) is 2. The van der Waals surface area contributed by atoms with Crippen LogP contribution in [0.15, 0.2) is 24.6 Å². The molecule has 0 bridgehead atoms. The molecule has 0 radical (unpaired) electrons. The number of carbonyl (C=O) groups is 1. The first-order chi connectivity index (χ1) is 4.13. The Morgan fingerprint density at radius 2 is 2.33 bits per heavy atom. The Bertz CT molecular complexity index is 149. The lowest BCUT2D eigenvalue weighted by molar-refractivity contribution is -0.118. The molecule has 0 aliphatic heterocycles. The molecule has 3 heteroatoms. The van der Waals surface area contributed by atoms with Crippen LogP contribution in [0.1, 0.15) is 6.92 Å². The van der Waals surface area contributed by atoms with Crippen LogP contribution < -0.4 is 11.1 Å². The van der Waals surface area contributed by atoms with Crippen molar-refractivity contribution in [2.45, 2.75) is 6.92 Å². The van der Waals surface area contributed by atoms with Gasteiger partial charge in [-0.25, -0.2) is 0 Å². The monoisotopic (exact) mass is 126 g/mol. The van der Waals surface area contributed by atoms with E-state index in [0.29, 0.717) is 5.70 Å². The van der Waals surface area contributed by atoms with Gasteiger partial charge in [0.25, 0.3) is 0 Å². The number of rotatable bonds is 2. The molecule has 3 nitrogen and oxygen atoms in total. The second-order valence-electron chi connectivity index (χ2n) is 1.61. The molecule has 50 valence electrons. The average molecular weight is 126 g/mol. The fourth-order valence-electron chi connectivity index (χ4n) is 0.266. The zero-order chi connectivity index (χ0) is 7.28. The smallest absolute Gasteiger partial charge is 0.220 e. The number of hydrogen-bond acceptors (Lipinski definition) is 2. The topological polar surface area (TPSA) is 55.1 Å². The highest BCUT2D eigenvalue weighted by Gasteiger charge is 1.80. The third-order valence-corrected chi connectivity index (χ3v) is 0.584. The summed E-state index contributed by atoms with van der Waals surface area (Å²) in [4.78, 5) is 10.2. The summed E-state index contributed by atoms with van der Waals surface area (Å²) in [5, 5.41) is 2.42. The van der Waals surface area contributed by atoms with Crippen molar-refractivity contribution < 1.29 is 4.79 Å². The average Bonchev–Trinajstić information content (AvgIpc) is 1.63. The van der Waals surface area contributed by atoms with Gasteiger partial charge in [0, 0.05) is 18.8 Å². The van der Waals surface area contributed by atoms with Crippen LogP contribution in [0.5, 0.6) is 0 Å². The fraction of sp³-hybridized carbons (Fsp3) is 0.167. The van der Waals surface area contributed by atoms with Crippen LogP contribution in [-0.2, 0) is 4.79 Å². The molecular formula is C6H10N2O. The highest BCUT2D eigenvalue weighted by Crippen LogP contribution is 1.76. The van der Waals surface area contributed by atoms with Crippen molar-refractivity contribution in [2.24, 2.45) is 5.73 Å². The minimum atomic E-state index is -0.118. The van der Waals surface area contributed by atoms with E-state index in [0.717, 1.165) is 0 Å². The van der Waals surface area contributed by atoms with Gasteiger partial charge in [-0.1, -0.05) is 6.58 Å². The van der Waals surface area contributed by atoms with Crippen molar-refractivity contribution in [1.82, 2.24) is 5.32 Å². The van der Waals surface area contributed by atoms with E-state index in [9.17, 15) is 4.79 Å². The molecule has 0 aliphatic carbocycles. The molecule has 0 unspecified atom stereocenters. The van der Waals surface area contributed by atoms with Gasteiger partial charge >= 0.3 is 0 Å². The van der Waals surface area contributed by atoms with E-state index in [4.69, 9.17) is 5.73 Å². The van der Waals surface area contributed by atoms with Gasteiger partial charge in [-0.3, -0.25) is 4.79 Å². The van der Waals surface area contributed by atoms with Crippen molar-refractivity contribution in [3.63, 3.8) is 0 Å². The number of allylic oxidation sites excluding steroid dienone is 1. The van der Waals surface area contributed by atoms with E-state index in [2.05, 4.69) is 11.9 Å². The molecule has 0 aromatic heterocycles. The molecule has 0 aromatic rings. The Labute approximate surface area is 54.2 Å². The van der Waals surface area contributed by atoms with Crippen LogP contribution in [0.2, 0.25) is 0 Å². The number of nitrogens with two attached hydrogens (primary N) is 1. The third-order valence-electron chi connectivity index (χ3n) is 0.584. The van der Waals surface area contributed by atoms with Crippen LogP contribution in [0.4, 0.5) is 0 Å². The second-order valence-corrected chi connectivity index (χ2v) is 1.61. The zero-order valence-corrected chi connectivity index (χ0v) is 5.35. The lowest BCUT2D eigenvalue weighted by atomic mass is 10.5. The summed E-state index contributed by atoms with van der Waals surface area (Å²) in [7, 11) is 0. The molecule has 0 spiro atoms. The normalized spacial score (nSPS) is 9.44. The first-order valence-corrected chi connectivity index (χ1v) is 2.51. The van der Waals surface area contributed by atoms with E-state index in [1.54, 1.807) is 0 Å². The van der Waals surface area contributed by atoms with E-state index >= 15 is 0 Å². The van der Waals surface area contributed by atoms with Crippen LogP contribution in [-0.4, -0.2) is 5.91 Å². The molecule has 0 aliphatic rings. The molecule has 0 atom stereocenters. The van der Waals surface area contributed by atoms with Gasteiger partial charge in [-0.05, 0) is 6.08 Å². The van der Waals surface area contributed by atoms with Gasteiger partial charge in [0.05, 0.1) is 0 Å². The molecule has 3 N–H and O–H groups in total. The summed E-state index contributed by atoms with van der Waals surface area (Å²) in [6.07, 6.45) is 2.96. The Hall–Kier alpha value is -1.25. The predicted octanol–water partition coefficient (Wildman–Crippen LogP) is 0.109. The van der Waals surface area contributed by atoms with Crippen LogP contribution in [0, 0.1) is 0 Å². The molecule has 0 fully saturated rings. The van der Waals surface area contributed by atoms with E-state index in [1.807, 2.05) is 0 Å². The third kappa shape index (κ3) is 6.75. The predicted molar refractivity (Wildman–Crippen MR) is 36.3 cm³/mol. The first kappa shape index (κ1) is 7.75. The number of carbonyl (C=O) groups excluding carboxylic acids is 1. The zero-order valence-electron chi connectivity index (χ0n) is 5.35. The van der Waals surface area contributed by atoms with E-state index in [1.165, 1.54) is 19.2 Å². The molecule has 0 saturated heterocycles. The van der Waals surface area contributed by atoms with Gasteiger partial charge in [-0.15, -0.1) is 0 Å². The van der Waals surface area contributed by atoms with Gasteiger partial charge in [0.15, 0.2) is 0 Å². The molecular weight excluding hydrogens is 116 g/mol. The molecule has 0 rings (SSSR count). The SMILES string of the molecule is C=C(N)/C=C\NC(C)=O. The van der Waals surface area contributed by atoms with Crippen molar-refractivity contribution in [3.05, 3.63) is 24.6 Å². The standard InChI is InChI=1S/C6H10N2O/c1-5(7)3-4-8-6(2)9/h3-4H,1,7H2,2H3,(H,8,9)/b4-3-. The van der Waals surface area contributed by atoms with Gasteiger partial charge in [0.2, 0.25) is 5.91 Å². The maximum absolute atomic E-state index is 10.2. The maximum atomic E-state index is 10.2. The maximum Gasteiger partial charge on any atom is 0.220 e. The summed E-state index contributed by atoms with van der Waals surface area (Å²) in [6.45, 7) is 4.81. The first-order valence-electron chi connectivity index (χ1n) is 2.51. The van der Waals surface area contributed by atoms with Crippen molar-refractivity contribution >= 4 is 5.91 Å². The Balaban J connectivity index is 3.48. The molecule has 0 aromatic carbocycles. The Morgan fingerprint density at radius 1 is 1.78 bits per heavy atom. The highest BCUT2D eigenvalue weighted by molar-refractivity contribution is 5.73. The van der Waals surface area contributed by atoms with Crippen molar-refractivity contribution in [1.29, 1.82) is 0 Å². The van der Waals surface area contributed by atoms with Crippen LogP contribution >= 0.6 is 0 Å². The number of amides is 1. The van der Waals surface area contributed by atoms with Gasteiger partial charge in [-0.2, -0.15) is 0 Å². The summed E-state index contributed by atoms with van der Waals surface area (Å²) < 4.78 is 0. The summed E-state index contributed by atoms with van der Waals surface area (Å²) in [6, 6.07) is 0. The molecule has 1 amide bonds. The van der Waals surface area contributed by atoms with Crippen molar-refractivity contribution in [3.8, 4) is 0 Å². The Morgan fingerprint density at radius 3 is 2.67 bits per heavy atom. The minimum Gasteiger partial charge on any atom is -0.399 e.